The Morgan fingerprint density at radius 3 is 2.51 bits per heavy atom. The van der Waals surface area contributed by atoms with Crippen molar-refractivity contribution in [3.05, 3.63) is 77.0 Å². The number of morpholine rings is 1. The molecule has 2 aromatic carbocycles. The number of anilines is 2. The Balaban J connectivity index is 1.40. The molecule has 9 heteroatoms. The summed E-state index contributed by atoms with van der Waals surface area (Å²) in [6.07, 6.45) is 1.61. The molecule has 0 aliphatic carbocycles. The summed E-state index contributed by atoms with van der Waals surface area (Å²) in [6, 6.07) is 15.2. The van der Waals surface area contributed by atoms with Gasteiger partial charge in [0.25, 0.3) is 5.91 Å². The molecule has 204 valence electrons. The lowest BCUT2D eigenvalue weighted by molar-refractivity contribution is 0.0998. The number of likely N-dealkylation sites (N-methyl/N-ethyl adjacent to an activating group) is 1. The number of pyridine rings is 1. The maximum absolute atomic E-state index is 13.4. The molecule has 2 aliphatic heterocycles. The first-order valence-electron chi connectivity index (χ1n) is 13.4. The monoisotopic (exact) mass is 528 g/mol. The van der Waals surface area contributed by atoms with E-state index in [-0.39, 0.29) is 5.91 Å². The Bertz CT molecular complexity index is 1350. The third-order valence-electron chi connectivity index (χ3n) is 7.47. The van der Waals surface area contributed by atoms with Crippen LogP contribution in [0, 0.1) is 6.92 Å². The number of carbonyl (C=O) groups is 2. The zero-order chi connectivity index (χ0) is 27.4. The number of primary amides is 1. The number of hydrogen-bond donors (Lipinski definition) is 2. The predicted molar refractivity (Wildman–Crippen MR) is 153 cm³/mol. The topological polar surface area (TPSA) is 104 Å². The van der Waals surface area contributed by atoms with Gasteiger partial charge in [-0.2, -0.15) is 0 Å². The second-order valence-corrected chi connectivity index (χ2v) is 10.3. The summed E-state index contributed by atoms with van der Waals surface area (Å²) in [5, 5.41) is 3.09. The Morgan fingerprint density at radius 1 is 1.00 bits per heavy atom. The molecule has 2 aliphatic rings. The van der Waals surface area contributed by atoms with Gasteiger partial charge >= 0.3 is 0 Å². The minimum atomic E-state index is -0.523. The number of nitrogens with two attached hydrogens (primary N) is 1. The lowest BCUT2D eigenvalue weighted by Gasteiger charge is -2.32. The fourth-order valence-corrected chi connectivity index (χ4v) is 5.14. The number of rotatable bonds is 7. The lowest BCUT2D eigenvalue weighted by Crippen LogP contribution is -2.43. The van der Waals surface area contributed by atoms with Crippen LogP contribution in [0.3, 0.4) is 0 Å². The minimum absolute atomic E-state index is 0.176. The summed E-state index contributed by atoms with van der Waals surface area (Å²) in [7, 11) is 2.14. The van der Waals surface area contributed by atoms with Crippen molar-refractivity contribution in [1.82, 2.24) is 14.8 Å². The highest BCUT2D eigenvalue weighted by Gasteiger charge is 2.23. The van der Waals surface area contributed by atoms with E-state index in [1.54, 1.807) is 12.3 Å². The number of aromatic nitrogens is 1. The van der Waals surface area contributed by atoms with E-state index in [0.29, 0.717) is 54.5 Å². The van der Waals surface area contributed by atoms with Crippen molar-refractivity contribution in [2.45, 2.75) is 13.5 Å². The molecule has 39 heavy (non-hydrogen) atoms. The van der Waals surface area contributed by atoms with Gasteiger partial charge in [0.1, 0.15) is 5.82 Å². The van der Waals surface area contributed by atoms with Crippen LogP contribution in [-0.2, 0) is 11.3 Å². The number of ether oxygens (including phenoxy) is 1. The smallest absolute Gasteiger partial charge is 0.255 e. The van der Waals surface area contributed by atoms with E-state index in [2.05, 4.69) is 38.1 Å². The largest absolute Gasteiger partial charge is 0.378 e. The molecule has 2 amide bonds. The van der Waals surface area contributed by atoms with Crippen molar-refractivity contribution in [2.24, 2.45) is 5.73 Å². The Labute approximate surface area is 229 Å². The zero-order valence-corrected chi connectivity index (χ0v) is 22.7. The lowest BCUT2D eigenvalue weighted by atomic mass is 9.97. The number of nitrogens with one attached hydrogen (secondary N) is 1. The molecular formula is C30H36N6O3. The van der Waals surface area contributed by atoms with Crippen LogP contribution in [0.25, 0.3) is 11.1 Å². The molecule has 2 fully saturated rings. The van der Waals surface area contributed by atoms with Crippen molar-refractivity contribution in [2.75, 3.05) is 69.7 Å². The summed E-state index contributed by atoms with van der Waals surface area (Å²) in [6.45, 7) is 9.43. The number of nitrogens with zero attached hydrogens (tertiary/aromatic N) is 4. The third kappa shape index (κ3) is 6.27. The zero-order valence-electron chi connectivity index (χ0n) is 22.7. The van der Waals surface area contributed by atoms with E-state index >= 15 is 0 Å². The molecule has 2 saturated heterocycles. The molecule has 3 N–H and O–H groups in total. The van der Waals surface area contributed by atoms with E-state index in [1.165, 1.54) is 0 Å². The molecule has 0 spiro atoms. The molecule has 5 rings (SSSR count). The molecule has 0 atom stereocenters. The molecule has 0 radical (unpaired) electrons. The number of aryl methyl sites for hydroxylation is 1. The molecule has 1 aromatic heterocycles. The van der Waals surface area contributed by atoms with E-state index in [1.807, 2.05) is 43.3 Å². The van der Waals surface area contributed by atoms with Gasteiger partial charge in [-0.15, -0.1) is 0 Å². The van der Waals surface area contributed by atoms with Crippen LogP contribution in [0.1, 0.15) is 31.8 Å². The van der Waals surface area contributed by atoms with Crippen molar-refractivity contribution in [3.8, 4) is 11.1 Å². The molecule has 0 unspecified atom stereocenters. The molecule has 0 bridgehead atoms. The number of amides is 2. The van der Waals surface area contributed by atoms with E-state index < -0.39 is 5.91 Å². The highest BCUT2D eigenvalue weighted by Crippen LogP contribution is 2.35. The molecule has 3 heterocycles. The third-order valence-corrected chi connectivity index (χ3v) is 7.47. The molecule has 0 saturated carbocycles. The van der Waals surface area contributed by atoms with Crippen molar-refractivity contribution < 1.29 is 14.3 Å². The summed E-state index contributed by atoms with van der Waals surface area (Å²) < 4.78 is 5.51. The van der Waals surface area contributed by atoms with Gasteiger partial charge < -0.3 is 25.6 Å². The Morgan fingerprint density at radius 2 is 1.77 bits per heavy atom. The highest BCUT2D eigenvalue weighted by molar-refractivity contribution is 6.06. The van der Waals surface area contributed by atoms with Crippen LogP contribution in [0.5, 0.6) is 0 Å². The van der Waals surface area contributed by atoms with Gasteiger partial charge in [0.05, 0.1) is 18.8 Å². The van der Waals surface area contributed by atoms with Crippen LogP contribution >= 0.6 is 0 Å². The van der Waals surface area contributed by atoms with Crippen molar-refractivity contribution in [1.29, 1.82) is 0 Å². The van der Waals surface area contributed by atoms with E-state index in [0.717, 1.165) is 49.4 Å². The predicted octanol–water partition coefficient (Wildman–Crippen LogP) is 2.99. The fourth-order valence-electron chi connectivity index (χ4n) is 5.14. The minimum Gasteiger partial charge on any atom is -0.378 e. The summed E-state index contributed by atoms with van der Waals surface area (Å²) in [4.78, 5) is 37.2. The molecule has 3 aromatic rings. The van der Waals surface area contributed by atoms with Gasteiger partial charge in [-0.3, -0.25) is 14.5 Å². The number of piperazine rings is 1. The highest BCUT2D eigenvalue weighted by atomic mass is 16.5. The van der Waals surface area contributed by atoms with E-state index in [4.69, 9.17) is 10.5 Å². The second-order valence-electron chi connectivity index (χ2n) is 10.3. The molecule has 9 nitrogen and oxygen atoms in total. The van der Waals surface area contributed by atoms with Crippen LogP contribution in [0.4, 0.5) is 11.5 Å². The van der Waals surface area contributed by atoms with Crippen LogP contribution in [0.15, 0.2) is 54.7 Å². The average molecular weight is 529 g/mol. The normalized spacial score (nSPS) is 16.7. The average Bonchev–Trinajstić information content (AvgIpc) is 2.95. The Hall–Kier alpha value is -3.79. The van der Waals surface area contributed by atoms with Crippen LogP contribution in [-0.4, -0.2) is 86.1 Å². The number of carbonyl (C=O) groups excluding carboxylic acids is 2. The number of benzene rings is 2. The molecular weight excluding hydrogens is 492 g/mol. The maximum Gasteiger partial charge on any atom is 0.255 e. The second kappa shape index (κ2) is 11.9. The van der Waals surface area contributed by atoms with Crippen LogP contribution < -0.4 is 16.0 Å². The van der Waals surface area contributed by atoms with Gasteiger partial charge in [-0.25, -0.2) is 4.98 Å². The van der Waals surface area contributed by atoms with Crippen molar-refractivity contribution in [3.63, 3.8) is 0 Å². The summed E-state index contributed by atoms with van der Waals surface area (Å²) in [5.41, 5.74) is 10.9. The van der Waals surface area contributed by atoms with Gasteiger partial charge in [0.2, 0.25) is 5.91 Å². The van der Waals surface area contributed by atoms with Gasteiger partial charge in [0.15, 0.2) is 0 Å². The van der Waals surface area contributed by atoms with Gasteiger partial charge in [0, 0.05) is 68.8 Å². The summed E-state index contributed by atoms with van der Waals surface area (Å²) >= 11 is 0. The van der Waals surface area contributed by atoms with Gasteiger partial charge in [-0.05, 0) is 54.9 Å². The van der Waals surface area contributed by atoms with Crippen LogP contribution in [0.2, 0.25) is 0 Å². The number of hydrogen-bond acceptors (Lipinski definition) is 7. The van der Waals surface area contributed by atoms with Gasteiger partial charge in [-0.1, -0.05) is 24.3 Å². The summed E-state index contributed by atoms with van der Waals surface area (Å²) in [5.74, 6) is -0.0113. The van der Waals surface area contributed by atoms with E-state index in [9.17, 15) is 9.59 Å². The standard InChI is InChI=1S/C30H36N6O3/c1-21-6-7-23(27-25(28(31)37)8-9-32-29(27)36-14-16-39-17-15-36)19-26(21)33-30(38)24-5-3-4-22(18-24)20-35-12-10-34(2)11-13-35/h3-9,18-19H,10-17,20H2,1-2H3,(H2,31,37)(H,33,38). The SMILES string of the molecule is Cc1ccc(-c2c(C(N)=O)ccnc2N2CCOCC2)cc1NC(=O)c1cccc(CN2CCN(C)CC2)c1. The first kappa shape index (κ1) is 26.8. The maximum atomic E-state index is 13.4. The Kier molecular flexibility index (Phi) is 8.21. The quantitative estimate of drug-likeness (QED) is 0.486. The first-order chi connectivity index (χ1) is 18.9. The fraction of sp³-hybridized carbons (Fsp3) is 0.367. The van der Waals surface area contributed by atoms with Crippen molar-refractivity contribution >= 4 is 23.3 Å². The first-order valence-corrected chi connectivity index (χ1v) is 13.4.